The normalized spacial score (nSPS) is 15.2. The number of carbonyl (C=O) groups excluding carboxylic acids is 1. The van der Waals surface area contributed by atoms with Gasteiger partial charge in [-0.15, -0.1) is 0 Å². The number of carboxylic acids is 2. The van der Waals surface area contributed by atoms with Gasteiger partial charge < -0.3 is 24.3 Å². The second-order valence-electron chi connectivity index (χ2n) is 10.8. The zero-order valence-corrected chi connectivity index (χ0v) is 26.6. The van der Waals surface area contributed by atoms with Gasteiger partial charge in [0.25, 0.3) is 0 Å². The lowest BCUT2D eigenvalue weighted by molar-refractivity contribution is -0.0308. The summed E-state index contributed by atoms with van der Waals surface area (Å²) in [6.07, 6.45) is 3.28. The fourth-order valence-corrected chi connectivity index (χ4v) is 4.79. The second-order valence-corrected chi connectivity index (χ2v) is 11.2. The molecule has 0 saturated carbocycles. The van der Waals surface area contributed by atoms with Crippen molar-refractivity contribution < 1.29 is 38.5 Å². The van der Waals surface area contributed by atoms with E-state index in [2.05, 4.69) is 9.97 Å². The van der Waals surface area contributed by atoms with E-state index in [4.69, 9.17) is 31.3 Å². The van der Waals surface area contributed by atoms with Crippen molar-refractivity contribution in [2.45, 2.75) is 45.9 Å². The summed E-state index contributed by atoms with van der Waals surface area (Å²) in [5, 5.41) is 17.2. The largest absolute Gasteiger partial charge is 0.478 e. The first-order valence-corrected chi connectivity index (χ1v) is 15.0. The van der Waals surface area contributed by atoms with Crippen molar-refractivity contribution >= 4 is 40.5 Å². The van der Waals surface area contributed by atoms with Gasteiger partial charge >= 0.3 is 17.9 Å². The summed E-state index contributed by atoms with van der Waals surface area (Å²) in [5.74, 6) is -2.63. The molecule has 10 nitrogen and oxygen atoms in total. The van der Waals surface area contributed by atoms with Gasteiger partial charge in [0.05, 0.1) is 28.2 Å². The van der Waals surface area contributed by atoms with Gasteiger partial charge in [-0.2, -0.15) is 0 Å². The highest BCUT2D eigenvalue weighted by atomic mass is 35.5. The van der Waals surface area contributed by atoms with Crippen molar-refractivity contribution in [3.05, 3.63) is 130 Å². The standard InChI is InChI=1S/C19H17ClFN3O3.2C8H8O2/c1-11-2-4-12(5-3-11)19(25)26-9-13-6-7-15(27-13)24-8-14(21)16-17(20)22-10-23-18(16)24;2*1-6-2-4-7(5-3-6)8(9)10/h2-5,8,10,13,15H,6-7,9H2,1H3;2*2-5H,1H3,(H,9,10)/t13-,15+;;/m0../s1. The number of ether oxygens (including phenoxy) is 2. The Hall–Kier alpha value is -5.13. The van der Waals surface area contributed by atoms with Crippen LogP contribution in [0.5, 0.6) is 0 Å². The van der Waals surface area contributed by atoms with Gasteiger partial charge in [0.2, 0.25) is 0 Å². The third kappa shape index (κ3) is 9.44. The fourth-order valence-electron chi connectivity index (χ4n) is 4.57. The molecule has 0 bridgehead atoms. The van der Waals surface area contributed by atoms with Crippen LogP contribution in [0.4, 0.5) is 4.39 Å². The van der Waals surface area contributed by atoms with Crippen LogP contribution in [0.2, 0.25) is 5.15 Å². The number of fused-ring (bicyclic) bond motifs is 1. The molecule has 2 aromatic heterocycles. The van der Waals surface area contributed by atoms with Gasteiger partial charge in [0, 0.05) is 6.20 Å². The fraction of sp³-hybridized carbons (Fsp3) is 0.229. The first-order chi connectivity index (χ1) is 22.4. The third-order valence-corrected chi connectivity index (χ3v) is 7.48. The Kier molecular flexibility index (Phi) is 11.8. The predicted molar refractivity (Wildman–Crippen MR) is 173 cm³/mol. The molecule has 1 fully saturated rings. The summed E-state index contributed by atoms with van der Waals surface area (Å²) < 4.78 is 27.1. The molecule has 6 rings (SSSR count). The number of carboxylic acid groups (broad SMARTS) is 2. The number of aromatic nitrogens is 3. The highest BCUT2D eigenvalue weighted by molar-refractivity contribution is 6.34. The predicted octanol–water partition coefficient (Wildman–Crippen LogP) is 7.45. The second kappa shape index (κ2) is 15.9. The van der Waals surface area contributed by atoms with Crippen LogP contribution >= 0.6 is 11.6 Å². The zero-order chi connectivity index (χ0) is 34.1. The van der Waals surface area contributed by atoms with E-state index < -0.39 is 24.0 Å². The molecule has 3 aromatic carbocycles. The molecule has 0 amide bonds. The Balaban J connectivity index is 0.000000204. The van der Waals surface area contributed by atoms with Crippen LogP contribution in [0, 0.1) is 26.6 Å². The topological polar surface area (TPSA) is 141 Å². The van der Waals surface area contributed by atoms with E-state index in [0.29, 0.717) is 35.2 Å². The quantitative estimate of drug-likeness (QED) is 0.140. The molecule has 12 heteroatoms. The van der Waals surface area contributed by atoms with E-state index >= 15 is 0 Å². The minimum absolute atomic E-state index is 0.0674. The highest BCUT2D eigenvalue weighted by Gasteiger charge is 2.30. The Morgan fingerprint density at radius 1 is 0.830 bits per heavy atom. The number of carbonyl (C=O) groups is 3. The molecule has 0 spiro atoms. The number of aromatic carboxylic acids is 2. The maximum absolute atomic E-state index is 14.2. The number of hydrogen-bond acceptors (Lipinski definition) is 7. The number of nitrogens with zero attached hydrogens (tertiary/aromatic N) is 3. The highest BCUT2D eigenvalue weighted by Crippen LogP contribution is 2.34. The number of hydrogen-bond donors (Lipinski definition) is 2. The first kappa shape index (κ1) is 34.7. The van der Waals surface area contributed by atoms with Crippen molar-refractivity contribution in [2.24, 2.45) is 0 Å². The molecule has 3 heterocycles. The molecule has 5 aromatic rings. The summed E-state index contributed by atoms with van der Waals surface area (Å²) >= 11 is 5.96. The van der Waals surface area contributed by atoms with Crippen LogP contribution < -0.4 is 0 Å². The summed E-state index contributed by atoms with van der Waals surface area (Å²) in [7, 11) is 0. The lowest BCUT2D eigenvalue weighted by atomic mass is 10.1. The Morgan fingerprint density at radius 3 is 1.81 bits per heavy atom. The first-order valence-electron chi connectivity index (χ1n) is 14.6. The van der Waals surface area contributed by atoms with E-state index in [0.717, 1.165) is 16.7 Å². The molecule has 0 aliphatic carbocycles. The lowest BCUT2D eigenvalue weighted by Crippen LogP contribution is -2.19. The Labute approximate surface area is 275 Å². The molecule has 0 radical (unpaired) electrons. The van der Waals surface area contributed by atoms with Crippen molar-refractivity contribution in [3.8, 4) is 0 Å². The minimum Gasteiger partial charge on any atom is -0.478 e. The minimum atomic E-state index is -0.875. The van der Waals surface area contributed by atoms with Gasteiger partial charge in [0.1, 0.15) is 30.0 Å². The van der Waals surface area contributed by atoms with E-state index in [9.17, 15) is 18.8 Å². The van der Waals surface area contributed by atoms with Crippen LogP contribution in [-0.4, -0.2) is 55.4 Å². The number of halogens is 2. The van der Waals surface area contributed by atoms with Gasteiger partial charge in [-0.3, -0.25) is 0 Å². The van der Waals surface area contributed by atoms with Gasteiger partial charge in [-0.05, 0) is 70.0 Å². The third-order valence-electron chi connectivity index (χ3n) is 7.20. The number of esters is 1. The van der Waals surface area contributed by atoms with Crippen LogP contribution in [-0.2, 0) is 9.47 Å². The van der Waals surface area contributed by atoms with Crippen LogP contribution in [0.25, 0.3) is 11.0 Å². The van der Waals surface area contributed by atoms with Gasteiger partial charge in [-0.25, -0.2) is 28.7 Å². The van der Waals surface area contributed by atoms with Crippen molar-refractivity contribution in [1.82, 2.24) is 14.5 Å². The lowest BCUT2D eigenvalue weighted by Gasteiger charge is -2.16. The average molecular weight is 662 g/mol. The molecule has 47 heavy (non-hydrogen) atoms. The zero-order valence-electron chi connectivity index (χ0n) is 25.9. The molecule has 1 saturated heterocycles. The summed E-state index contributed by atoms with van der Waals surface area (Å²) in [6.45, 7) is 5.94. The van der Waals surface area contributed by atoms with Gasteiger partial charge in [0.15, 0.2) is 5.82 Å². The van der Waals surface area contributed by atoms with Crippen molar-refractivity contribution in [2.75, 3.05) is 6.61 Å². The molecule has 244 valence electrons. The van der Waals surface area contributed by atoms with Crippen LogP contribution in [0.15, 0.2) is 85.3 Å². The summed E-state index contributed by atoms with van der Waals surface area (Å²) in [6, 6.07) is 20.7. The number of benzene rings is 3. The maximum Gasteiger partial charge on any atom is 0.338 e. The molecule has 1 aliphatic heterocycles. The SMILES string of the molecule is Cc1ccc(C(=O)O)cc1.Cc1ccc(C(=O)O)cc1.Cc1ccc(C(=O)OC[C@@H]2CC[C@H](n3cc(F)c4c(Cl)ncnc43)O2)cc1. The van der Waals surface area contributed by atoms with Gasteiger partial charge in [-0.1, -0.05) is 64.7 Å². The maximum atomic E-state index is 14.2. The molecule has 0 unspecified atom stereocenters. The number of aryl methyl sites for hydroxylation is 3. The van der Waals surface area contributed by atoms with E-state index in [1.165, 1.54) is 12.5 Å². The molecular formula is C35H33ClFN3O7. The summed E-state index contributed by atoms with van der Waals surface area (Å²) in [4.78, 5) is 40.7. The van der Waals surface area contributed by atoms with E-state index in [-0.39, 0.29) is 29.2 Å². The molecule has 1 aliphatic rings. The van der Waals surface area contributed by atoms with Crippen LogP contribution in [0.3, 0.4) is 0 Å². The molecular weight excluding hydrogens is 629 g/mol. The Morgan fingerprint density at radius 2 is 1.32 bits per heavy atom. The van der Waals surface area contributed by atoms with Crippen molar-refractivity contribution in [1.29, 1.82) is 0 Å². The molecule has 2 atom stereocenters. The Bertz CT molecular complexity index is 1790. The van der Waals surface area contributed by atoms with E-state index in [1.54, 1.807) is 65.2 Å². The van der Waals surface area contributed by atoms with Crippen molar-refractivity contribution in [3.63, 3.8) is 0 Å². The molecule has 2 N–H and O–H groups in total. The van der Waals surface area contributed by atoms with E-state index in [1.807, 2.05) is 32.9 Å². The monoisotopic (exact) mass is 661 g/mol. The summed E-state index contributed by atoms with van der Waals surface area (Å²) in [5.41, 5.74) is 4.78. The average Bonchev–Trinajstić information content (AvgIpc) is 3.66. The number of rotatable bonds is 6. The smallest absolute Gasteiger partial charge is 0.338 e. The van der Waals surface area contributed by atoms with Crippen LogP contribution in [0.1, 0.15) is 66.8 Å².